The zero-order valence-electron chi connectivity index (χ0n) is 13.3. The molecule has 2 aromatic heterocycles. The van der Waals surface area contributed by atoms with Crippen LogP contribution in [0.4, 0.5) is 0 Å². The van der Waals surface area contributed by atoms with Crippen molar-refractivity contribution in [3.05, 3.63) is 62.5 Å². The van der Waals surface area contributed by atoms with Crippen LogP contribution in [0.1, 0.15) is 21.8 Å². The molecule has 1 amide bonds. The van der Waals surface area contributed by atoms with Crippen LogP contribution in [0, 0.1) is 13.8 Å². The monoisotopic (exact) mass is 340 g/mol. The first-order chi connectivity index (χ1) is 11.5. The highest BCUT2D eigenvalue weighted by atomic mass is 32.1. The number of H-pyrrole nitrogens is 1. The van der Waals surface area contributed by atoms with E-state index in [1.54, 1.807) is 6.21 Å². The second-order valence-corrected chi connectivity index (χ2v) is 6.56. The molecule has 0 aliphatic heterocycles. The number of thiophene rings is 1. The summed E-state index contributed by atoms with van der Waals surface area (Å²) in [6.07, 6.45) is 1.52. The fraction of sp³-hybridized carbons (Fsp3) is 0.176. The Kier molecular flexibility index (Phi) is 4.52. The molecule has 2 heterocycles. The van der Waals surface area contributed by atoms with Gasteiger partial charge in [-0.1, -0.05) is 30.3 Å². The fourth-order valence-corrected chi connectivity index (χ4v) is 3.34. The summed E-state index contributed by atoms with van der Waals surface area (Å²) in [5, 5.41) is 4.50. The van der Waals surface area contributed by atoms with E-state index >= 15 is 0 Å². The lowest BCUT2D eigenvalue weighted by atomic mass is 10.2. The molecule has 0 saturated heterocycles. The summed E-state index contributed by atoms with van der Waals surface area (Å²) in [7, 11) is 0. The van der Waals surface area contributed by atoms with Gasteiger partial charge in [0.2, 0.25) is 5.91 Å². The molecule has 3 aromatic rings. The molecule has 0 spiro atoms. The van der Waals surface area contributed by atoms with Gasteiger partial charge < -0.3 is 4.98 Å². The fourth-order valence-electron chi connectivity index (χ4n) is 2.29. The van der Waals surface area contributed by atoms with Gasteiger partial charge >= 0.3 is 0 Å². The number of hydrogen-bond acceptors (Lipinski definition) is 5. The number of fused-ring (bicyclic) bond motifs is 1. The van der Waals surface area contributed by atoms with E-state index in [-0.39, 0.29) is 17.9 Å². The first kappa shape index (κ1) is 16.1. The summed E-state index contributed by atoms with van der Waals surface area (Å²) in [4.78, 5) is 32.9. The molecule has 24 heavy (non-hydrogen) atoms. The maximum atomic E-state index is 12.2. The Morgan fingerprint density at radius 3 is 2.83 bits per heavy atom. The number of amides is 1. The number of hydrogen-bond donors (Lipinski definition) is 2. The van der Waals surface area contributed by atoms with Crippen molar-refractivity contribution in [2.45, 2.75) is 20.3 Å². The van der Waals surface area contributed by atoms with E-state index in [4.69, 9.17) is 0 Å². The molecule has 0 atom stereocenters. The van der Waals surface area contributed by atoms with E-state index in [0.29, 0.717) is 16.0 Å². The topological polar surface area (TPSA) is 87.2 Å². The molecule has 0 bridgehead atoms. The zero-order chi connectivity index (χ0) is 17.1. The SMILES string of the molecule is Cc1sc2nc(CC(=O)N/N=C/c3ccccc3)[nH]c(=O)c2c1C. The molecular weight excluding hydrogens is 324 g/mol. The zero-order valence-corrected chi connectivity index (χ0v) is 14.1. The Morgan fingerprint density at radius 2 is 2.08 bits per heavy atom. The van der Waals surface area contributed by atoms with Gasteiger partial charge in [0.1, 0.15) is 10.7 Å². The minimum absolute atomic E-state index is 0.0344. The van der Waals surface area contributed by atoms with E-state index in [0.717, 1.165) is 16.0 Å². The van der Waals surface area contributed by atoms with Crippen LogP contribution in [-0.2, 0) is 11.2 Å². The highest BCUT2D eigenvalue weighted by Gasteiger charge is 2.13. The van der Waals surface area contributed by atoms with E-state index in [2.05, 4.69) is 20.5 Å². The van der Waals surface area contributed by atoms with Gasteiger partial charge in [-0.05, 0) is 25.0 Å². The van der Waals surface area contributed by atoms with Crippen LogP contribution in [0.5, 0.6) is 0 Å². The second kappa shape index (κ2) is 6.76. The van der Waals surface area contributed by atoms with Gasteiger partial charge in [0.15, 0.2) is 0 Å². The summed E-state index contributed by atoms with van der Waals surface area (Å²) in [6, 6.07) is 9.44. The third kappa shape index (κ3) is 3.41. The first-order valence-corrected chi connectivity index (χ1v) is 8.22. The number of carbonyl (C=O) groups excluding carboxylic acids is 1. The first-order valence-electron chi connectivity index (χ1n) is 7.40. The predicted octanol–water partition coefficient (Wildman–Crippen LogP) is 2.29. The van der Waals surface area contributed by atoms with Gasteiger partial charge in [-0.15, -0.1) is 11.3 Å². The average Bonchev–Trinajstić information content (AvgIpc) is 2.83. The molecule has 0 radical (unpaired) electrons. The highest BCUT2D eigenvalue weighted by Crippen LogP contribution is 2.25. The number of carbonyl (C=O) groups is 1. The van der Waals surface area contributed by atoms with Gasteiger partial charge in [0, 0.05) is 4.88 Å². The summed E-state index contributed by atoms with van der Waals surface area (Å²) in [5.41, 5.74) is 4.05. The number of benzene rings is 1. The lowest BCUT2D eigenvalue weighted by molar-refractivity contribution is -0.120. The minimum atomic E-state index is -0.338. The van der Waals surface area contributed by atoms with E-state index in [1.807, 2.05) is 44.2 Å². The molecule has 6 nitrogen and oxygen atoms in total. The van der Waals surface area contributed by atoms with Crippen LogP contribution < -0.4 is 11.0 Å². The molecule has 7 heteroatoms. The van der Waals surface area contributed by atoms with Crippen LogP contribution >= 0.6 is 11.3 Å². The summed E-state index contributed by atoms with van der Waals surface area (Å²) in [6.45, 7) is 3.85. The van der Waals surface area contributed by atoms with Crippen molar-refractivity contribution >= 4 is 33.7 Å². The number of aromatic amines is 1. The van der Waals surface area contributed by atoms with Crippen molar-refractivity contribution in [2.75, 3.05) is 0 Å². The Morgan fingerprint density at radius 1 is 1.33 bits per heavy atom. The van der Waals surface area contributed by atoms with Crippen LogP contribution in [0.25, 0.3) is 10.2 Å². The van der Waals surface area contributed by atoms with Crippen molar-refractivity contribution in [1.29, 1.82) is 0 Å². The molecular formula is C17H16N4O2S. The van der Waals surface area contributed by atoms with Crippen molar-refractivity contribution in [2.24, 2.45) is 5.10 Å². The number of hydrazone groups is 1. The minimum Gasteiger partial charge on any atom is -0.309 e. The molecule has 1 aromatic carbocycles. The Hall–Kier alpha value is -2.80. The lowest BCUT2D eigenvalue weighted by Gasteiger charge is -2.00. The number of nitrogens with zero attached hydrogens (tertiary/aromatic N) is 2. The van der Waals surface area contributed by atoms with Crippen LogP contribution in [-0.4, -0.2) is 22.1 Å². The van der Waals surface area contributed by atoms with Gasteiger partial charge in [0.25, 0.3) is 5.56 Å². The third-order valence-corrected chi connectivity index (χ3v) is 4.72. The molecule has 3 rings (SSSR count). The van der Waals surface area contributed by atoms with E-state index < -0.39 is 0 Å². The highest BCUT2D eigenvalue weighted by molar-refractivity contribution is 7.18. The van der Waals surface area contributed by atoms with Crippen LogP contribution in [0.15, 0.2) is 40.2 Å². The van der Waals surface area contributed by atoms with E-state index in [1.165, 1.54) is 11.3 Å². The van der Waals surface area contributed by atoms with Gasteiger partial charge in [-0.25, -0.2) is 10.4 Å². The van der Waals surface area contributed by atoms with Crippen LogP contribution in [0.2, 0.25) is 0 Å². The standard InChI is InChI=1S/C17H16N4O2S/c1-10-11(2)24-17-15(10)16(23)19-13(20-17)8-14(22)21-18-9-12-6-4-3-5-7-12/h3-7,9H,8H2,1-2H3,(H,21,22)(H,19,20,23)/b18-9+. The van der Waals surface area contributed by atoms with Gasteiger partial charge in [0.05, 0.1) is 18.0 Å². The Labute approximate surface area is 142 Å². The molecule has 0 unspecified atom stereocenters. The number of rotatable bonds is 4. The molecule has 122 valence electrons. The molecule has 0 fully saturated rings. The summed E-state index contributed by atoms with van der Waals surface area (Å²) >= 11 is 1.46. The summed E-state index contributed by atoms with van der Waals surface area (Å²) in [5.74, 6) is -0.00385. The van der Waals surface area contributed by atoms with E-state index in [9.17, 15) is 9.59 Å². The molecule has 0 aliphatic rings. The van der Waals surface area contributed by atoms with Crippen molar-refractivity contribution in [3.8, 4) is 0 Å². The maximum absolute atomic E-state index is 12.2. The third-order valence-electron chi connectivity index (χ3n) is 3.62. The Bertz CT molecular complexity index is 973. The normalized spacial score (nSPS) is 11.2. The number of aromatic nitrogens is 2. The van der Waals surface area contributed by atoms with Crippen molar-refractivity contribution in [1.82, 2.24) is 15.4 Å². The molecule has 2 N–H and O–H groups in total. The largest absolute Gasteiger partial charge is 0.309 e. The molecule has 0 aliphatic carbocycles. The lowest BCUT2D eigenvalue weighted by Crippen LogP contribution is -2.23. The number of nitrogens with one attached hydrogen (secondary N) is 2. The molecule has 0 saturated carbocycles. The average molecular weight is 340 g/mol. The quantitative estimate of drug-likeness (QED) is 0.564. The van der Waals surface area contributed by atoms with Crippen molar-refractivity contribution in [3.63, 3.8) is 0 Å². The Balaban J connectivity index is 1.72. The predicted molar refractivity (Wildman–Crippen MR) is 95.6 cm³/mol. The van der Waals surface area contributed by atoms with Crippen molar-refractivity contribution < 1.29 is 4.79 Å². The van der Waals surface area contributed by atoms with Gasteiger partial charge in [-0.3, -0.25) is 9.59 Å². The number of aryl methyl sites for hydroxylation is 2. The summed E-state index contributed by atoms with van der Waals surface area (Å²) < 4.78 is 0. The van der Waals surface area contributed by atoms with Gasteiger partial charge in [-0.2, -0.15) is 5.10 Å². The van der Waals surface area contributed by atoms with Crippen LogP contribution in [0.3, 0.4) is 0 Å². The smallest absolute Gasteiger partial charge is 0.259 e. The maximum Gasteiger partial charge on any atom is 0.259 e. The second-order valence-electron chi connectivity index (χ2n) is 5.36.